The summed E-state index contributed by atoms with van der Waals surface area (Å²) < 4.78 is 39.1. The summed E-state index contributed by atoms with van der Waals surface area (Å²) in [6.45, 7) is 0. The molecule has 1 heterocycles. The van der Waals surface area contributed by atoms with Crippen LogP contribution in [0.5, 0.6) is 0 Å². The molecule has 0 aliphatic carbocycles. The average molecular weight is 335 g/mol. The van der Waals surface area contributed by atoms with Crippen LogP contribution in [0.15, 0.2) is 47.3 Å². The summed E-state index contributed by atoms with van der Waals surface area (Å²) in [6, 6.07) is 8.94. The van der Waals surface area contributed by atoms with E-state index in [9.17, 15) is 28.1 Å². The second kappa shape index (κ2) is 5.44. The van der Waals surface area contributed by atoms with Gasteiger partial charge in [-0.15, -0.1) is 0 Å². The number of rotatable bonds is 2. The van der Waals surface area contributed by atoms with E-state index in [-0.39, 0.29) is 16.7 Å². The molecule has 9 heteroatoms. The fourth-order valence-corrected chi connectivity index (χ4v) is 2.37. The van der Waals surface area contributed by atoms with Crippen molar-refractivity contribution in [1.82, 2.24) is 9.97 Å². The topological polar surface area (TPSA) is 88.9 Å². The third kappa shape index (κ3) is 2.60. The van der Waals surface area contributed by atoms with E-state index in [2.05, 4.69) is 9.97 Å². The van der Waals surface area contributed by atoms with E-state index < -0.39 is 33.5 Å². The first kappa shape index (κ1) is 15.7. The molecule has 1 N–H and O–H groups in total. The zero-order chi connectivity index (χ0) is 17.5. The summed E-state index contributed by atoms with van der Waals surface area (Å²) in [5.41, 5.74) is -3.33. The number of benzene rings is 2. The largest absolute Gasteiger partial charge is 0.423 e. The molecule has 0 spiro atoms. The Balaban J connectivity index is 2.35. The van der Waals surface area contributed by atoms with Gasteiger partial charge in [-0.2, -0.15) is 13.2 Å². The van der Waals surface area contributed by atoms with Crippen molar-refractivity contribution in [2.24, 2.45) is 0 Å². The summed E-state index contributed by atoms with van der Waals surface area (Å²) in [6.07, 6.45) is -4.91. The van der Waals surface area contributed by atoms with Crippen molar-refractivity contribution in [3.05, 3.63) is 68.5 Å². The zero-order valence-electron chi connectivity index (χ0n) is 11.8. The molecule has 3 aromatic rings. The number of aromatic amines is 1. The van der Waals surface area contributed by atoms with Crippen molar-refractivity contribution in [1.29, 1.82) is 0 Å². The van der Waals surface area contributed by atoms with E-state index in [0.29, 0.717) is 6.07 Å². The summed E-state index contributed by atoms with van der Waals surface area (Å²) in [5, 5.41) is 11.4. The molecular formula is C15H8F3N3O3. The smallest absolute Gasteiger partial charge is 0.306 e. The predicted octanol–water partition coefficient (Wildman–Crippen LogP) is 3.52. The minimum atomic E-state index is -4.91. The molecule has 0 aliphatic rings. The van der Waals surface area contributed by atoms with Gasteiger partial charge in [0.25, 0.3) is 11.2 Å². The number of nitrogens with zero attached hydrogens (tertiary/aromatic N) is 2. The molecule has 6 nitrogen and oxygen atoms in total. The maximum Gasteiger partial charge on any atom is 0.423 e. The van der Waals surface area contributed by atoms with Gasteiger partial charge in [0.2, 0.25) is 0 Å². The highest BCUT2D eigenvalue weighted by Crippen LogP contribution is 2.40. The molecule has 0 radical (unpaired) electrons. The van der Waals surface area contributed by atoms with Gasteiger partial charge >= 0.3 is 6.18 Å². The van der Waals surface area contributed by atoms with Crippen molar-refractivity contribution in [3.63, 3.8) is 0 Å². The molecule has 0 saturated heterocycles. The second-order valence-electron chi connectivity index (χ2n) is 4.89. The van der Waals surface area contributed by atoms with Crippen LogP contribution in [0.4, 0.5) is 18.9 Å². The average Bonchev–Trinajstić information content (AvgIpc) is 2.53. The Kier molecular flexibility index (Phi) is 3.55. The van der Waals surface area contributed by atoms with Crippen LogP contribution >= 0.6 is 0 Å². The van der Waals surface area contributed by atoms with Crippen LogP contribution in [0.1, 0.15) is 5.56 Å². The lowest BCUT2D eigenvalue weighted by Crippen LogP contribution is -2.13. The minimum Gasteiger partial charge on any atom is -0.306 e. The maximum absolute atomic E-state index is 13.0. The Bertz CT molecular complexity index is 1010. The Labute approximate surface area is 131 Å². The number of nitrogens with one attached hydrogen (secondary N) is 1. The van der Waals surface area contributed by atoms with Crippen LogP contribution < -0.4 is 5.56 Å². The van der Waals surface area contributed by atoms with Crippen LogP contribution in [0, 0.1) is 10.1 Å². The van der Waals surface area contributed by atoms with E-state index in [4.69, 9.17) is 0 Å². The first-order valence-electron chi connectivity index (χ1n) is 6.63. The number of hydrogen-bond acceptors (Lipinski definition) is 4. The SMILES string of the molecule is O=c1[nH]c(-c2cccc(C(F)(F)F)c2[N+](=O)[O-])nc2ccccc12. The highest BCUT2D eigenvalue weighted by atomic mass is 19.4. The van der Waals surface area contributed by atoms with Crippen molar-refractivity contribution >= 4 is 16.6 Å². The first-order valence-corrected chi connectivity index (χ1v) is 6.63. The molecule has 3 rings (SSSR count). The van der Waals surface area contributed by atoms with E-state index >= 15 is 0 Å². The van der Waals surface area contributed by atoms with Crippen molar-refractivity contribution < 1.29 is 18.1 Å². The van der Waals surface area contributed by atoms with Gasteiger partial charge in [0.1, 0.15) is 11.4 Å². The first-order chi connectivity index (χ1) is 11.3. The van der Waals surface area contributed by atoms with E-state index in [1.807, 2.05) is 0 Å². The second-order valence-corrected chi connectivity index (χ2v) is 4.89. The lowest BCUT2D eigenvalue weighted by atomic mass is 10.1. The lowest BCUT2D eigenvalue weighted by Gasteiger charge is -2.10. The Morgan fingerprint density at radius 3 is 2.46 bits per heavy atom. The van der Waals surface area contributed by atoms with Gasteiger partial charge in [-0.25, -0.2) is 4.98 Å². The highest BCUT2D eigenvalue weighted by molar-refractivity contribution is 5.81. The van der Waals surface area contributed by atoms with Gasteiger partial charge in [0.15, 0.2) is 0 Å². The standard InChI is InChI=1S/C15H8F3N3O3/c16-15(17,18)10-6-3-5-9(12(10)21(23)24)13-19-11-7-2-1-4-8(11)14(22)20-13/h1-7H,(H,19,20,22). The molecule has 2 aromatic carbocycles. The molecule has 0 amide bonds. The summed E-state index contributed by atoms with van der Waals surface area (Å²) in [5.74, 6) is -0.295. The third-order valence-electron chi connectivity index (χ3n) is 3.39. The quantitative estimate of drug-likeness (QED) is 0.573. The number of hydrogen-bond donors (Lipinski definition) is 1. The van der Waals surface area contributed by atoms with Crippen LogP contribution in [0.3, 0.4) is 0 Å². The van der Waals surface area contributed by atoms with E-state index in [1.54, 1.807) is 12.1 Å². The molecule has 0 unspecified atom stereocenters. The predicted molar refractivity (Wildman–Crippen MR) is 79.5 cm³/mol. The molecule has 24 heavy (non-hydrogen) atoms. The molecule has 0 saturated carbocycles. The Hall–Kier alpha value is -3.23. The van der Waals surface area contributed by atoms with Gasteiger partial charge in [-0.3, -0.25) is 14.9 Å². The molecule has 0 aliphatic heterocycles. The fourth-order valence-electron chi connectivity index (χ4n) is 2.37. The lowest BCUT2D eigenvalue weighted by molar-refractivity contribution is -0.387. The molecule has 0 bridgehead atoms. The van der Waals surface area contributed by atoms with Gasteiger partial charge in [0, 0.05) is 0 Å². The van der Waals surface area contributed by atoms with Crippen LogP contribution in [0.25, 0.3) is 22.3 Å². The third-order valence-corrected chi connectivity index (χ3v) is 3.39. The molecule has 0 fully saturated rings. The van der Waals surface area contributed by atoms with Crippen molar-refractivity contribution in [3.8, 4) is 11.4 Å². The normalized spacial score (nSPS) is 11.6. The number of nitro groups is 1. The number of H-pyrrole nitrogens is 1. The molecular weight excluding hydrogens is 327 g/mol. The van der Waals surface area contributed by atoms with Gasteiger partial charge in [-0.05, 0) is 24.3 Å². The van der Waals surface area contributed by atoms with Gasteiger partial charge in [-0.1, -0.05) is 18.2 Å². The molecule has 0 atom stereocenters. The number of fused-ring (bicyclic) bond motifs is 1. The number of alkyl halides is 3. The van der Waals surface area contributed by atoms with E-state index in [1.165, 1.54) is 12.1 Å². The zero-order valence-corrected chi connectivity index (χ0v) is 11.8. The van der Waals surface area contributed by atoms with Crippen LogP contribution in [-0.2, 0) is 6.18 Å². The molecule has 122 valence electrons. The summed E-state index contributed by atoms with van der Waals surface area (Å²) in [4.78, 5) is 28.5. The van der Waals surface area contributed by atoms with Crippen molar-refractivity contribution in [2.75, 3.05) is 0 Å². The number of halogens is 3. The number of aromatic nitrogens is 2. The van der Waals surface area contributed by atoms with E-state index in [0.717, 1.165) is 12.1 Å². The van der Waals surface area contributed by atoms with Crippen LogP contribution in [0.2, 0.25) is 0 Å². The van der Waals surface area contributed by atoms with Gasteiger partial charge in [0.05, 0.1) is 21.4 Å². The maximum atomic E-state index is 13.0. The highest BCUT2D eigenvalue weighted by Gasteiger charge is 2.40. The monoisotopic (exact) mass is 335 g/mol. The summed E-state index contributed by atoms with van der Waals surface area (Å²) in [7, 11) is 0. The Morgan fingerprint density at radius 2 is 1.79 bits per heavy atom. The summed E-state index contributed by atoms with van der Waals surface area (Å²) >= 11 is 0. The van der Waals surface area contributed by atoms with Crippen LogP contribution in [-0.4, -0.2) is 14.9 Å². The van der Waals surface area contributed by atoms with Crippen molar-refractivity contribution in [2.45, 2.75) is 6.18 Å². The fraction of sp³-hybridized carbons (Fsp3) is 0.0667. The number of nitro benzene ring substituents is 1. The minimum absolute atomic E-state index is 0.225. The molecule has 1 aromatic heterocycles. The Morgan fingerprint density at radius 1 is 1.08 bits per heavy atom. The number of para-hydroxylation sites is 2. The van der Waals surface area contributed by atoms with Gasteiger partial charge < -0.3 is 4.98 Å².